The maximum atomic E-state index is 11.1. The largest absolute Gasteiger partial charge is 0.464 e. The van der Waals surface area contributed by atoms with E-state index < -0.39 is 0 Å². The van der Waals surface area contributed by atoms with Gasteiger partial charge in [-0.05, 0) is 32.4 Å². The van der Waals surface area contributed by atoms with Crippen LogP contribution in [0.1, 0.15) is 31.6 Å². The van der Waals surface area contributed by atoms with Gasteiger partial charge in [-0.15, -0.1) is 0 Å². The molecule has 0 N–H and O–H groups in total. The second-order valence-electron chi connectivity index (χ2n) is 4.66. The van der Waals surface area contributed by atoms with Crippen molar-refractivity contribution >= 4 is 5.97 Å². The van der Waals surface area contributed by atoms with E-state index in [4.69, 9.17) is 9.47 Å². The van der Waals surface area contributed by atoms with Gasteiger partial charge in [0.25, 0.3) is 0 Å². The number of rotatable bonds is 7. The molecule has 0 radical (unpaired) electrons. The number of carbonyl (C=O) groups is 1. The van der Waals surface area contributed by atoms with Crippen LogP contribution in [0.15, 0.2) is 18.5 Å². The first-order valence-corrected chi connectivity index (χ1v) is 7.05. The fourth-order valence-corrected chi connectivity index (χ4v) is 2.41. The predicted molar refractivity (Wildman–Crippen MR) is 73.0 cm³/mol. The molecule has 0 saturated carbocycles. The zero-order valence-electron chi connectivity index (χ0n) is 11.8. The molecule has 1 aromatic rings. The minimum absolute atomic E-state index is 0.0220. The van der Waals surface area contributed by atoms with Crippen molar-refractivity contribution in [3.63, 3.8) is 0 Å². The Labute approximate surface area is 119 Å². The Kier molecular flexibility index (Phi) is 5.88. The third-order valence-corrected chi connectivity index (χ3v) is 3.30. The first-order valence-electron chi connectivity index (χ1n) is 7.05. The summed E-state index contributed by atoms with van der Waals surface area (Å²) in [6.07, 6.45) is 5.76. The smallest absolute Gasteiger partial charge is 0.332 e. The fraction of sp³-hybridized carbons (Fsp3) is 0.643. The van der Waals surface area contributed by atoms with Crippen molar-refractivity contribution in [3.8, 4) is 0 Å². The van der Waals surface area contributed by atoms with E-state index in [9.17, 15) is 4.79 Å². The SMILES string of the molecule is CCOC(=O)COCCN1CCCC1c1ncccn1. The summed E-state index contributed by atoms with van der Waals surface area (Å²) in [5.74, 6) is 0.562. The average Bonchev–Trinajstić information content (AvgIpc) is 2.93. The van der Waals surface area contributed by atoms with Crippen molar-refractivity contribution in [2.24, 2.45) is 0 Å². The van der Waals surface area contributed by atoms with Crippen molar-refractivity contribution in [2.45, 2.75) is 25.8 Å². The normalized spacial score (nSPS) is 19.1. The van der Waals surface area contributed by atoms with E-state index in [0.29, 0.717) is 13.2 Å². The highest BCUT2D eigenvalue weighted by Crippen LogP contribution is 2.28. The van der Waals surface area contributed by atoms with Crippen LogP contribution in [0, 0.1) is 0 Å². The molecule has 1 unspecified atom stereocenters. The molecule has 0 bridgehead atoms. The fourth-order valence-electron chi connectivity index (χ4n) is 2.41. The summed E-state index contributed by atoms with van der Waals surface area (Å²) < 4.78 is 10.1. The Morgan fingerprint density at radius 2 is 2.25 bits per heavy atom. The van der Waals surface area contributed by atoms with Crippen LogP contribution in [0.5, 0.6) is 0 Å². The van der Waals surface area contributed by atoms with Crippen LogP contribution in [0.25, 0.3) is 0 Å². The monoisotopic (exact) mass is 279 g/mol. The van der Waals surface area contributed by atoms with Crippen molar-refractivity contribution in [1.29, 1.82) is 0 Å². The van der Waals surface area contributed by atoms with Crippen molar-refractivity contribution in [3.05, 3.63) is 24.3 Å². The van der Waals surface area contributed by atoms with Crippen molar-refractivity contribution < 1.29 is 14.3 Å². The summed E-state index contributed by atoms with van der Waals surface area (Å²) in [7, 11) is 0. The molecule has 0 spiro atoms. The van der Waals surface area contributed by atoms with Gasteiger partial charge in [0.2, 0.25) is 0 Å². The first kappa shape index (κ1) is 14.9. The van der Waals surface area contributed by atoms with E-state index >= 15 is 0 Å². The van der Waals surface area contributed by atoms with Crippen LogP contribution >= 0.6 is 0 Å². The topological polar surface area (TPSA) is 64.6 Å². The summed E-state index contributed by atoms with van der Waals surface area (Å²) in [5, 5.41) is 0. The molecule has 1 fully saturated rings. The number of ether oxygens (including phenoxy) is 2. The second kappa shape index (κ2) is 7.91. The lowest BCUT2D eigenvalue weighted by Crippen LogP contribution is -2.29. The van der Waals surface area contributed by atoms with Gasteiger partial charge in [0.1, 0.15) is 12.4 Å². The summed E-state index contributed by atoms with van der Waals surface area (Å²) in [5.41, 5.74) is 0. The molecule has 1 aromatic heterocycles. The van der Waals surface area contributed by atoms with Gasteiger partial charge >= 0.3 is 5.97 Å². The molecule has 1 aliphatic rings. The van der Waals surface area contributed by atoms with Gasteiger partial charge in [-0.2, -0.15) is 0 Å². The predicted octanol–water partition coefficient (Wildman–Crippen LogP) is 1.19. The number of nitrogens with zero attached hydrogens (tertiary/aromatic N) is 3. The molecule has 0 aromatic carbocycles. The molecule has 2 heterocycles. The lowest BCUT2D eigenvalue weighted by atomic mass is 10.2. The van der Waals surface area contributed by atoms with E-state index in [1.807, 2.05) is 6.07 Å². The molecule has 1 saturated heterocycles. The maximum Gasteiger partial charge on any atom is 0.332 e. The van der Waals surface area contributed by atoms with Gasteiger partial charge in [-0.1, -0.05) is 0 Å². The third kappa shape index (κ3) is 4.25. The van der Waals surface area contributed by atoms with E-state index in [1.54, 1.807) is 19.3 Å². The van der Waals surface area contributed by atoms with Gasteiger partial charge in [-0.25, -0.2) is 14.8 Å². The lowest BCUT2D eigenvalue weighted by Gasteiger charge is -2.22. The van der Waals surface area contributed by atoms with Crippen LogP contribution in [0.2, 0.25) is 0 Å². The Morgan fingerprint density at radius 3 is 3.00 bits per heavy atom. The van der Waals surface area contributed by atoms with Gasteiger partial charge in [-0.3, -0.25) is 4.90 Å². The molecule has 6 nitrogen and oxygen atoms in total. The summed E-state index contributed by atoms with van der Waals surface area (Å²) in [4.78, 5) is 22.1. The number of carbonyl (C=O) groups excluding carboxylic acids is 1. The molecule has 0 amide bonds. The highest BCUT2D eigenvalue weighted by atomic mass is 16.6. The van der Waals surface area contributed by atoms with Gasteiger partial charge < -0.3 is 9.47 Å². The zero-order chi connectivity index (χ0) is 14.2. The quantitative estimate of drug-likeness (QED) is 0.552. The van der Waals surface area contributed by atoms with Crippen molar-refractivity contribution in [1.82, 2.24) is 14.9 Å². The lowest BCUT2D eigenvalue weighted by molar-refractivity contribution is -0.148. The Bertz CT molecular complexity index is 413. The van der Waals surface area contributed by atoms with Crippen LogP contribution in [0.3, 0.4) is 0 Å². The number of likely N-dealkylation sites (tertiary alicyclic amines) is 1. The average molecular weight is 279 g/mol. The molecule has 110 valence electrons. The number of esters is 1. The minimum Gasteiger partial charge on any atom is -0.464 e. The van der Waals surface area contributed by atoms with Crippen LogP contribution in [-0.2, 0) is 14.3 Å². The molecule has 6 heteroatoms. The number of aromatic nitrogens is 2. The highest BCUT2D eigenvalue weighted by molar-refractivity contribution is 5.70. The maximum absolute atomic E-state index is 11.1. The van der Waals surface area contributed by atoms with E-state index in [1.165, 1.54) is 0 Å². The highest BCUT2D eigenvalue weighted by Gasteiger charge is 2.27. The van der Waals surface area contributed by atoms with Gasteiger partial charge in [0.15, 0.2) is 0 Å². The van der Waals surface area contributed by atoms with Gasteiger partial charge in [0, 0.05) is 18.9 Å². The first-order chi connectivity index (χ1) is 9.81. The Hall–Kier alpha value is -1.53. The molecule has 20 heavy (non-hydrogen) atoms. The van der Waals surface area contributed by atoms with Crippen LogP contribution in [-0.4, -0.2) is 53.7 Å². The van der Waals surface area contributed by atoms with Crippen molar-refractivity contribution in [2.75, 3.05) is 32.9 Å². The standard InChI is InChI=1S/C14H21N3O3/c1-2-20-13(18)11-19-10-9-17-8-3-5-12(17)14-15-6-4-7-16-14/h4,6-7,12H,2-3,5,8-11H2,1H3. The number of hydrogen-bond acceptors (Lipinski definition) is 6. The molecule has 1 aliphatic heterocycles. The van der Waals surface area contributed by atoms with Gasteiger partial charge in [0.05, 0.1) is 19.3 Å². The number of hydrogen-bond donors (Lipinski definition) is 0. The van der Waals surface area contributed by atoms with E-state index in [0.717, 1.165) is 31.8 Å². The van der Waals surface area contributed by atoms with Crippen LogP contribution in [0.4, 0.5) is 0 Å². The summed E-state index contributed by atoms with van der Waals surface area (Å²) in [6, 6.07) is 2.09. The Balaban J connectivity index is 1.74. The molecular weight excluding hydrogens is 258 g/mol. The molecule has 1 atom stereocenters. The van der Waals surface area contributed by atoms with E-state index in [2.05, 4.69) is 14.9 Å². The van der Waals surface area contributed by atoms with E-state index in [-0.39, 0.29) is 18.6 Å². The molecule has 0 aliphatic carbocycles. The molecule has 2 rings (SSSR count). The second-order valence-corrected chi connectivity index (χ2v) is 4.66. The zero-order valence-corrected chi connectivity index (χ0v) is 11.8. The summed E-state index contributed by atoms with van der Waals surface area (Å²) >= 11 is 0. The summed E-state index contributed by atoms with van der Waals surface area (Å²) in [6.45, 7) is 4.51. The molecular formula is C14H21N3O3. The Morgan fingerprint density at radius 1 is 1.45 bits per heavy atom. The minimum atomic E-state index is -0.308. The van der Waals surface area contributed by atoms with Crippen LogP contribution < -0.4 is 0 Å². The third-order valence-electron chi connectivity index (χ3n) is 3.30.